The first-order chi connectivity index (χ1) is 9.47. The third kappa shape index (κ3) is 3.53. The predicted octanol–water partition coefficient (Wildman–Crippen LogP) is 1.12. The number of alkyl halides is 3. The Morgan fingerprint density at radius 1 is 1.25 bits per heavy atom. The molecule has 0 saturated carbocycles. The third-order valence-electron chi connectivity index (χ3n) is 2.38. The van der Waals surface area contributed by atoms with Gasteiger partial charge in [0.05, 0.1) is 24.5 Å². The summed E-state index contributed by atoms with van der Waals surface area (Å²) in [5, 5.41) is 10.2. The first kappa shape index (κ1) is 14.0. The van der Waals surface area contributed by atoms with Crippen molar-refractivity contribution in [1.29, 1.82) is 0 Å². The number of carbonyl (C=O) groups is 1. The fraction of sp³-hybridized carbons (Fsp3) is 0.273. The monoisotopic (exact) mass is 285 g/mol. The van der Waals surface area contributed by atoms with Gasteiger partial charge in [-0.05, 0) is 12.1 Å². The molecule has 0 bridgehead atoms. The molecule has 0 aliphatic rings. The summed E-state index contributed by atoms with van der Waals surface area (Å²) in [4.78, 5) is 16.2. The lowest BCUT2D eigenvalue weighted by Gasteiger charge is -2.07. The average molecular weight is 285 g/mol. The Labute approximate surface area is 111 Å². The van der Waals surface area contributed by atoms with Crippen LogP contribution in [0.25, 0.3) is 0 Å². The average Bonchev–Trinajstić information content (AvgIpc) is 2.91. The molecule has 106 valence electrons. The summed E-state index contributed by atoms with van der Waals surface area (Å²) in [5.41, 5.74) is -0.971. The van der Waals surface area contributed by atoms with Crippen LogP contribution in [0.3, 0.4) is 0 Å². The lowest BCUT2D eigenvalue weighted by molar-refractivity contribution is -0.141. The largest absolute Gasteiger partial charge is 0.433 e. The number of nitrogens with zero attached hydrogens (tertiary/aromatic N) is 4. The Kier molecular flexibility index (Phi) is 3.97. The molecule has 1 amide bonds. The maximum absolute atomic E-state index is 12.3. The quantitative estimate of drug-likeness (QED) is 0.913. The highest BCUT2D eigenvalue weighted by Crippen LogP contribution is 2.27. The van der Waals surface area contributed by atoms with Crippen LogP contribution in [0.2, 0.25) is 0 Å². The molecule has 0 fully saturated rings. The molecular weight excluding hydrogens is 275 g/mol. The summed E-state index contributed by atoms with van der Waals surface area (Å²) in [6.07, 6.45) is -0.617. The predicted molar refractivity (Wildman–Crippen MR) is 61.6 cm³/mol. The zero-order valence-electron chi connectivity index (χ0n) is 10.1. The van der Waals surface area contributed by atoms with Crippen molar-refractivity contribution in [3.63, 3.8) is 0 Å². The number of hydrogen-bond donors (Lipinski definition) is 1. The molecule has 9 heteroatoms. The highest BCUT2D eigenvalue weighted by atomic mass is 19.4. The van der Waals surface area contributed by atoms with E-state index < -0.39 is 17.8 Å². The Bertz CT molecular complexity index is 565. The summed E-state index contributed by atoms with van der Waals surface area (Å²) >= 11 is 0. The molecule has 6 nitrogen and oxygen atoms in total. The van der Waals surface area contributed by atoms with Crippen molar-refractivity contribution < 1.29 is 18.0 Å². The SMILES string of the molecule is O=C(NCCn1nccn1)c1ccc(C(F)(F)F)nc1. The second-order valence-electron chi connectivity index (χ2n) is 3.81. The lowest BCUT2D eigenvalue weighted by atomic mass is 10.2. The van der Waals surface area contributed by atoms with Crippen molar-refractivity contribution >= 4 is 5.91 Å². The lowest BCUT2D eigenvalue weighted by Crippen LogP contribution is -2.28. The standard InChI is InChI=1S/C11H10F3N5O/c12-11(13,14)9-2-1-8(7-16-9)10(20)15-5-6-19-17-3-4-18-19/h1-4,7H,5-6H2,(H,15,20). The molecule has 20 heavy (non-hydrogen) atoms. The topological polar surface area (TPSA) is 72.7 Å². The van der Waals surface area contributed by atoms with Crippen LogP contribution in [0.5, 0.6) is 0 Å². The van der Waals surface area contributed by atoms with Gasteiger partial charge >= 0.3 is 6.18 Å². The second-order valence-corrected chi connectivity index (χ2v) is 3.81. The maximum atomic E-state index is 12.3. The summed E-state index contributed by atoms with van der Waals surface area (Å²) in [6, 6.07) is 1.85. The van der Waals surface area contributed by atoms with Gasteiger partial charge in [0, 0.05) is 12.7 Å². The van der Waals surface area contributed by atoms with E-state index in [4.69, 9.17) is 0 Å². The van der Waals surface area contributed by atoms with Crippen LogP contribution in [-0.4, -0.2) is 32.4 Å². The Balaban J connectivity index is 1.89. The van der Waals surface area contributed by atoms with E-state index in [0.29, 0.717) is 6.54 Å². The van der Waals surface area contributed by atoms with Gasteiger partial charge in [-0.1, -0.05) is 0 Å². The van der Waals surface area contributed by atoms with Gasteiger partial charge in [-0.15, -0.1) is 0 Å². The van der Waals surface area contributed by atoms with Crippen LogP contribution in [0, 0.1) is 0 Å². The van der Waals surface area contributed by atoms with Crippen LogP contribution in [0.15, 0.2) is 30.7 Å². The summed E-state index contributed by atoms with van der Waals surface area (Å²) in [5.74, 6) is -0.501. The van der Waals surface area contributed by atoms with Crippen LogP contribution < -0.4 is 5.32 Å². The fourth-order valence-corrected chi connectivity index (χ4v) is 1.43. The van der Waals surface area contributed by atoms with Crippen LogP contribution in [-0.2, 0) is 12.7 Å². The Morgan fingerprint density at radius 2 is 1.95 bits per heavy atom. The molecule has 0 atom stereocenters. The van der Waals surface area contributed by atoms with Crippen LogP contribution >= 0.6 is 0 Å². The van der Waals surface area contributed by atoms with Crippen molar-refractivity contribution in [3.05, 3.63) is 42.0 Å². The summed E-state index contributed by atoms with van der Waals surface area (Å²) in [6.45, 7) is 0.626. The van der Waals surface area contributed by atoms with E-state index >= 15 is 0 Å². The second kappa shape index (κ2) is 5.68. The number of pyridine rings is 1. The number of rotatable bonds is 4. The molecule has 0 spiro atoms. The minimum Gasteiger partial charge on any atom is -0.350 e. The highest BCUT2D eigenvalue weighted by molar-refractivity contribution is 5.93. The molecule has 0 aromatic carbocycles. The van der Waals surface area contributed by atoms with E-state index in [1.807, 2.05) is 0 Å². The summed E-state index contributed by atoms with van der Waals surface area (Å²) in [7, 11) is 0. The molecule has 0 saturated heterocycles. The Morgan fingerprint density at radius 3 is 2.50 bits per heavy atom. The summed E-state index contributed by atoms with van der Waals surface area (Å²) < 4.78 is 36.9. The van der Waals surface area contributed by atoms with Crippen molar-refractivity contribution in [2.24, 2.45) is 0 Å². The van der Waals surface area contributed by atoms with Crippen molar-refractivity contribution in [1.82, 2.24) is 25.3 Å². The van der Waals surface area contributed by atoms with Crippen molar-refractivity contribution in [2.45, 2.75) is 12.7 Å². The smallest absolute Gasteiger partial charge is 0.350 e. The van der Waals surface area contributed by atoms with Gasteiger partial charge in [-0.25, -0.2) is 0 Å². The third-order valence-corrected chi connectivity index (χ3v) is 2.38. The number of carbonyl (C=O) groups excluding carboxylic acids is 1. The van der Waals surface area contributed by atoms with Gasteiger partial charge in [0.1, 0.15) is 5.69 Å². The molecule has 2 rings (SSSR count). The minimum absolute atomic E-state index is 0.0615. The molecule has 2 aromatic heterocycles. The van der Waals surface area contributed by atoms with E-state index in [0.717, 1.165) is 18.3 Å². The molecule has 0 radical (unpaired) electrons. The zero-order chi connectivity index (χ0) is 14.6. The number of aromatic nitrogens is 4. The van der Waals surface area contributed by atoms with Gasteiger partial charge in [0.25, 0.3) is 5.91 Å². The van der Waals surface area contributed by atoms with E-state index in [-0.39, 0.29) is 12.1 Å². The number of amides is 1. The van der Waals surface area contributed by atoms with E-state index in [1.165, 1.54) is 17.2 Å². The van der Waals surface area contributed by atoms with Gasteiger partial charge in [0.15, 0.2) is 0 Å². The van der Waals surface area contributed by atoms with Gasteiger partial charge in [-0.3, -0.25) is 9.78 Å². The first-order valence-corrected chi connectivity index (χ1v) is 5.62. The molecule has 0 unspecified atom stereocenters. The molecule has 2 aromatic rings. The zero-order valence-corrected chi connectivity index (χ0v) is 10.1. The van der Waals surface area contributed by atoms with Gasteiger partial charge in [-0.2, -0.15) is 28.2 Å². The molecule has 1 N–H and O–H groups in total. The van der Waals surface area contributed by atoms with Gasteiger partial charge in [0.2, 0.25) is 0 Å². The first-order valence-electron chi connectivity index (χ1n) is 5.62. The molecule has 0 aliphatic carbocycles. The van der Waals surface area contributed by atoms with E-state index in [1.54, 1.807) is 0 Å². The highest BCUT2D eigenvalue weighted by Gasteiger charge is 2.32. The van der Waals surface area contributed by atoms with Crippen LogP contribution in [0.1, 0.15) is 16.1 Å². The van der Waals surface area contributed by atoms with Crippen LogP contribution in [0.4, 0.5) is 13.2 Å². The normalized spacial score (nSPS) is 11.3. The van der Waals surface area contributed by atoms with E-state index in [9.17, 15) is 18.0 Å². The number of halogens is 3. The fourth-order valence-electron chi connectivity index (χ4n) is 1.43. The van der Waals surface area contributed by atoms with Crippen molar-refractivity contribution in [2.75, 3.05) is 6.54 Å². The molecular formula is C11H10F3N5O. The molecule has 0 aliphatic heterocycles. The number of hydrogen-bond acceptors (Lipinski definition) is 4. The van der Waals surface area contributed by atoms with Crippen molar-refractivity contribution in [3.8, 4) is 0 Å². The number of nitrogens with one attached hydrogen (secondary N) is 1. The molecule has 2 heterocycles. The Hall–Kier alpha value is -2.45. The van der Waals surface area contributed by atoms with Gasteiger partial charge < -0.3 is 5.32 Å². The van der Waals surface area contributed by atoms with E-state index in [2.05, 4.69) is 20.5 Å². The minimum atomic E-state index is -4.51. The maximum Gasteiger partial charge on any atom is 0.433 e.